The largest absolute Gasteiger partial charge is 0.497 e. The molecule has 0 aliphatic carbocycles. The molecule has 166 valence electrons. The first-order valence-electron chi connectivity index (χ1n) is 11.0. The average molecular weight is 458 g/mol. The summed E-state index contributed by atoms with van der Waals surface area (Å²) in [5, 5.41) is 6.20. The van der Waals surface area contributed by atoms with E-state index in [9.17, 15) is 4.79 Å². The van der Waals surface area contributed by atoms with Gasteiger partial charge in [-0.1, -0.05) is 54.1 Å². The lowest BCUT2D eigenvalue weighted by Gasteiger charge is -2.14. The Labute approximate surface area is 197 Å². The molecule has 6 heteroatoms. The standard InChI is InChI=1S/C27H24ClN3O2/c1-33-20-11-8-18(9-12-20)24-16-25(31-30-24)26-21(13-7-17-5-3-2-4-6-17)22-15-19(28)10-14-23(22)29-27(26)32/h2-6,8-12,14-15,24,30H,7,13,16H2,1H3,(H,29,32). The second-order valence-corrected chi connectivity index (χ2v) is 8.64. The molecule has 1 aliphatic heterocycles. The maximum absolute atomic E-state index is 13.3. The number of pyridine rings is 1. The molecular formula is C27H24ClN3O2. The number of fused-ring (bicyclic) bond motifs is 1. The van der Waals surface area contributed by atoms with Crippen molar-refractivity contribution in [1.29, 1.82) is 0 Å². The Hall–Kier alpha value is -3.57. The van der Waals surface area contributed by atoms with Gasteiger partial charge >= 0.3 is 0 Å². The Balaban J connectivity index is 1.52. The maximum atomic E-state index is 13.3. The summed E-state index contributed by atoms with van der Waals surface area (Å²) >= 11 is 6.34. The van der Waals surface area contributed by atoms with Crippen molar-refractivity contribution < 1.29 is 4.74 Å². The molecule has 1 aliphatic rings. The van der Waals surface area contributed by atoms with E-state index in [2.05, 4.69) is 27.6 Å². The minimum atomic E-state index is -0.121. The van der Waals surface area contributed by atoms with Gasteiger partial charge in [0.1, 0.15) is 5.75 Å². The zero-order valence-electron chi connectivity index (χ0n) is 18.3. The van der Waals surface area contributed by atoms with E-state index < -0.39 is 0 Å². The lowest BCUT2D eigenvalue weighted by atomic mass is 9.91. The van der Waals surface area contributed by atoms with Crippen LogP contribution in [0, 0.1) is 0 Å². The number of methoxy groups -OCH3 is 1. The Morgan fingerprint density at radius 3 is 2.58 bits per heavy atom. The summed E-state index contributed by atoms with van der Waals surface area (Å²) in [7, 11) is 1.65. The van der Waals surface area contributed by atoms with E-state index in [1.165, 1.54) is 5.56 Å². The molecule has 1 aromatic heterocycles. The summed E-state index contributed by atoms with van der Waals surface area (Å²) in [6, 6.07) is 23.8. The number of hydrogen-bond donors (Lipinski definition) is 2. The van der Waals surface area contributed by atoms with E-state index in [4.69, 9.17) is 16.3 Å². The maximum Gasteiger partial charge on any atom is 0.257 e. The fourth-order valence-corrected chi connectivity index (χ4v) is 4.61. The predicted molar refractivity (Wildman–Crippen MR) is 133 cm³/mol. The van der Waals surface area contributed by atoms with Gasteiger partial charge in [-0.05, 0) is 59.9 Å². The third kappa shape index (κ3) is 4.37. The number of aryl methyl sites for hydroxylation is 2. The molecule has 3 aromatic carbocycles. The molecular weight excluding hydrogens is 434 g/mol. The smallest absolute Gasteiger partial charge is 0.257 e. The number of aromatic nitrogens is 1. The number of halogens is 1. The minimum absolute atomic E-state index is 0.00216. The van der Waals surface area contributed by atoms with Crippen LogP contribution in [0.4, 0.5) is 0 Å². The molecule has 5 nitrogen and oxygen atoms in total. The van der Waals surface area contributed by atoms with Crippen molar-refractivity contribution in [2.75, 3.05) is 7.11 Å². The van der Waals surface area contributed by atoms with Crippen LogP contribution in [0.5, 0.6) is 5.75 Å². The Bertz CT molecular complexity index is 1380. The van der Waals surface area contributed by atoms with Crippen LogP contribution in [-0.2, 0) is 12.8 Å². The van der Waals surface area contributed by atoms with Gasteiger partial charge in [0.25, 0.3) is 5.56 Å². The lowest BCUT2D eigenvalue weighted by Crippen LogP contribution is -2.21. The molecule has 4 aromatic rings. The first-order valence-corrected chi connectivity index (χ1v) is 11.3. The zero-order valence-corrected chi connectivity index (χ0v) is 19.0. The highest BCUT2D eigenvalue weighted by molar-refractivity contribution is 6.31. The van der Waals surface area contributed by atoms with Crippen LogP contribution in [0.25, 0.3) is 10.9 Å². The first kappa shape index (κ1) is 21.3. The molecule has 0 bridgehead atoms. The van der Waals surface area contributed by atoms with Gasteiger partial charge in [-0.3, -0.25) is 4.79 Å². The predicted octanol–water partition coefficient (Wildman–Crippen LogP) is 5.41. The molecule has 0 saturated heterocycles. The van der Waals surface area contributed by atoms with E-state index in [-0.39, 0.29) is 11.6 Å². The molecule has 0 saturated carbocycles. The van der Waals surface area contributed by atoms with Crippen molar-refractivity contribution in [1.82, 2.24) is 10.4 Å². The number of rotatable bonds is 6. The van der Waals surface area contributed by atoms with Gasteiger partial charge in [0.15, 0.2) is 0 Å². The van der Waals surface area contributed by atoms with Crippen molar-refractivity contribution in [2.45, 2.75) is 25.3 Å². The van der Waals surface area contributed by atoms with Gasteiger partial charge in [0, 0.05) is 22.3 Å². The van der Waals surface area contributed by atoms with Crippen LogP contribution in [0.1, 0.15) is 34.7 Å². The number of aromatic amines is 1. The molecule has 1 unspecified atom stereocenters. The van der Waals surface area contributed by atoms with Gasteiger partial charge in [-0.25, -0.2) is 0 Å². The number of nitrogens with one attached hydrogen (secondary N) is 2. The van der Waals surface area contributed by atoms with E-state index in [1.807, 2.05) is 54.6 Å². The molecule has 1 atom stereocenters. The van der Waals surface area contributed by atoms with E-state index in [1.54, 1.807) is 13.2 Å². The van der Waals surface area contributed by atoms with E-state index >= 15 is 0 Å². The van der Waals surface area contributed by atoms with Gasteiger partial charge in [-0.2, -0.15) is 5.10 Å². The SMILES string of the molecule is COc1ccc(C2CC(c3c(CCc4ccccc4)c4cc(Cl)ccc4[nH]c3=O)=NN2)cc1. The summed E-state index contributed by atoms with van der Waals surface area (Å²) in [5.74, 6) is 0.809. The van der Waals surface area contributed by atoms with Gasteiger partial charge < -0.3 is 15.1 Å². The topological polar surface area (TPSA) is 66.5 Å². The first-order chi connectivity index (χ1) is 16.1. The highest BCUT2D eigenvalue weighted by atomic mass is 35.5. The Morgan fingerprint density at radius 1 is 1.03 bits per heavy atom. The van der Waals surface area contributed by atoms with Crippen molar-refractivity contribution >= 4 is 28.2 Å². The van der Waals surface area contributed by atoms with Gasteiger partial charge in [0.05, 0.1) is 24.4 Å². The third-order valence-corrected chi connectivity index (χ3v) is 6.38. The summed E-state index contributed by atoms with van der Waals surface area (Å²) in [5.41, 5.74) is 8.59. The van der Waals surface area contributed by atoms with Crippen LogP contribution >= 0.6 is 11.6 Å². The molecule has 0 radical (unpaired) electrons. The van der Waals surface area contributed by atoms with E-state index in [0.717, 1.165) is 39.9 Å². The van der Waals surface area contributed by atoms with Crippen LogP contribution in [0.3, 0.4) is 0 Å². The molecule has 0 fully saturated rings. The second-order valence-electron chi connectivity index (χ2n) is 8.20. The van der Waals surface area contributed by atoms with Gasteiger partial charge in [-0.15, -0.1) is 0 Å². The molecule has 2 N–H and O–H groups in total. The van der Waals surface area contributed by atoms with Crippen LogP contribution in [0.15, 0.2) is 82.7 Å². The highest BCUT2D eigenvalue weighted by Crippen LogP contribution is 2.29. The third-order valence-electron chi connectivity index (χ3n) is 6.15. The van der Waals surface area contributed by atoms with Crippen LogP contribution < -0.4 is 15.7 Å². The van der Waals surface area contributed by atoms with Crippen molar-refractivity contribution in [3.05, 3.63) is 110 Å². The molecule has 2 heterocycles. The Morgan fingerprint density at radius 2 is 1.82 bits per heavy atom. The van der Waals surface area contributed by atoms with Crippen molar-refractivity contribution in [2.24, 2.45) is 5.10 Å². The fourth-order valence-electron chi connectivity index (χ4n) is 4.44. The second kappa shape index (κ2) is 9.12. The normalized spacial score (nSPS) is 15.3. The van der Waals surface area contributed by atoms with Gasteiger partial charge in [0.2, 0.25) is 0 Å². The Kier molecular flexibility index (Phi) is 5.88. The minimum Gasteiger partial charge on any atom is -0.497 e. The zero-order chi connectivity index (χ0) is 22.8. The number of nitrogens with zero attached hydrogens (tertiary/aromatic N) is 1. The summed E-state index contributed by atoms with van der Waals surface area (Å²) in [6.45, 7) is 0. The number of H-pyrrole nitrogens is 1. The number of ether oxygens (including phenoxy) is 1. The van der Waals surface area contributed by atoms with Crippen LogP contribution in [-0.4, -0.2) is 17.8 Å². The monoisotopic (exact) mass is 457 g/mol. The molecule has 33 heavy (non-hydrogen) atoms. The average Bonchev–Trinajstić information content (AvgIpc) is 3.33. The quantitative estimate of drug-likeness (QED) is 0.406. The lowest BCUT2D eigenvalue weighted by molar-refractivity contribution is 0.414. The number of benzene rings is 3. The molecule has 0 amide bonds. The number of hydrogen-bond acceptors (Lipinski definition) is 4. The number of hydrazone groups is 1. The van der Waals surface area contributed by atoms with Crippen molar-refractivity contribution in [3.63, 3.8) is 0 Å². The molecule has 0 spiro atoms. The highest BCUT2D eigenvalue weighted by Gasteiger charge is 2.26. The fraction of sp³-hybridized carbons (Fsp3) is 0.185. The summed E-state index contributed by atoms with van der Waals surface area (Å²) < 4.78 is 5.26. The molecule has 5 rings (SSSR count). The summed E-state index contributed by atoms with van der Waals surface area (Å²) in [6.07, 6.45) is 2.16. The van der Waals surface area contributed by atoms with E-state index in [0.29, 0.717) is 23.4 Å². The van der Waals surface area contributed by atoms with Crippen LogP contribution in [0.2, 0.25) is 5.02 Å². The summed E-state index contributed by atoms with van der Waals surface area (Å²) in [4.78, 5) is 16.3. The van der Waals surface area contributed by atoms with Crippen molar-refractivity contribution in [3.8, 4) is 5.75 Å².